The topological polar surface area (TPSA) is 43.8 Å². The quantitative estimate of drug-likeness (QED) is 0.905. The minimum atomic E-state index is 0.256. The Hall–Kier alpha value is -1.32. The molecule has 3 nitrogen and oxygen atoms in total. The van der Waals surface area contributed by atoms with Gasteiger partial charge in [0, 0.05) is 29.9 Å². The van der Waals surface area contributed by atoms with Crippen LogP contribution in [0, 0.1) is 0 Å². The van der Waals surface area contributed by atoms with Gasteiger partial charge in [0.15, 0.2) is 0 Å². The van der Waals surface area contributed by atoms with Gasteiger partial charge in [-0.05, 0) is 36.7 Å². The maximum atomic E-state index is 6.04. The average Bonchev–Trinajstić information content (AvgIpc) is 2.72. The Bertz CT molecular complexity index is 493. The first-order valence-electron chi connectivity index (χ1n) is 5.66. The third-order valence-electron chi connectivity index (χ3n) is 2.92. The molecular formula is C13H16ClN3. The summed E-state index contributed by atoms with van der Waals surface area (Å²) in [5.41, 5.74) is 8.05. The van der Waals surface area contributed by atoms with Crippen molar-refractivity contribution in [2.24, 2.45) is 12.8 Å². The fraction of sp³-hybridized carbons (Fsp3) is 0.308. The first kappa shape index (κ1) is 12.1. The summed E-state index contributed by atoms with van der Waals surface area (Å²) >= 11 is 6.04. The molecule has 0 bridgehead atoms. The predicted octanol–water partition coefficient (Wildman–Crippen LogP) is 2.55. The minimum absolute atomic E-state index is 0.256. The van der Waals surface area contributed by atoms with Gasteiger partial charge in [-0.3, -0.25) is 4.68 Å². The summed E-state index contributed by atoms with van der Waals surface area (Å²) in [4.78, 5) is 0. The number of hydrogen-bond donors (Lipinski definition) is 1. The molecule has 17 heavy (non-hydrogen) atoms. The lowest BCUT2D eigenvalue weighted by Gasteiger charge is -2.17. The summed E-state index contributed by atoms with van der Waals surface area (Å²) in [6.07, 6.45) is 2.70. The Kier molecular flexibility index (Phi) is 3.82. The van der Waals surface area contributed by atoms with Crippen LogP contribution in [0.4, 0.5) is 0 Å². The molecule has 0 amide bonds. The van der Waals surface area contributed by atoms with Gasteiger partial charge in [0.2, 0.25) is 0 Å². The Morgan fingerprint density at radius 1 is 1.41 bits per heavy atom. The Balaban J connectivity index is 2.39. The molecule has 0 fully saturated rings. The number of aromatic nitrogens is 2. The maximum absolute atomic E-state index is 6.04. The van der Waals surface area contributed by atoms with Crippen LogP contribution in [0.2, 0.25) is 5.02 Å². The van der Waals surface area contributed by atoms with Crippen LogP contribution in [0.3, 0.4) is 0 Å². The van der Waals surface area contributed by atoms with E-state index in [0.717, 1.165) is 17.1 Å². The van der Waals surface area contributed by atoms with Crippen LogP contribution in [0.5, 0.6) is 0 Å². The van der Waals surface area contributed by atoms with Crippen LogP contribution >= 0.6 is 11.6 Å². The van der Waals surface area contributed by atoms with E-state index in [2.05, 4.69) is 11.2 Å². The van der Waals surface area contributed by atoms with Crippen LogP contribution in [-0.2, 0) is 7.05 Å². The van der Waals surface area contributed by atoms with Crippen LogP contribution in [0.1, 0.15) is 23.6 Å². The number of hydrogen-bond acceptors (Lipinski definition) is 2. The molecule has 0 aliphatic rings. The summed E-state index contributed by atoms with van der Waals surface area (Å²) in [6.45, 7) is 0.641. The van der Waals surface area contributed by atoms with E-state index in [1.807, 2.05) is 42.2 Å². The molecule has 90 valence electrons. The summed E-state index contributed by atoms with van der Waals surface area (Å²) in [5.74, 6) is 0.256. The molecule has 2 aromatic rings. The van der Waals surface area contributed by atoms with E-state index < -0.39 is 0 Å². The molecule has 1 atom stereocenters. The second-order valence-corrected chi connectivity index (χ2v) is 4.50. The number of rotatable bonds is 4. The molecule has 1 heterocycles. The molecule has 0 aliphatic carbocycles. The third kappa shape index (κ3) is 2.68. The third-order valence-corrected chi connectivity index (χ3v) is 3.16. The molecular weight excluding hydrogens is 234 g/mol. The predicted molar refractivity (Wildman–Crippen MR) is 70.2 cm³/mol. The summed E-state index contributed by atoms with van der Waals surface area (Å²) in [6, 6.07) is 9.96. The Labute approximate surface area is 106 Å². The summed E-state index contributed by atoms with van der Waals surface area (Å²) in [5, 5.41) is 4.97. The second kappa shape index (κ2) is 5.34. The monoisotopic (exact) mass is 249 g/mol. The number of aryl methyl sites for hydroxylation is 1. The van der Waals surface area contributed by atoms with Crippen molar-refractivity contribution in [2.45, 2.75) is 12.3 Å². The second-order valence-electron chi connectivity index (χ2n) is 4.06. The van der Waals surface area contributed by atoms with Gasteiger partial charge < -0.3 is 5.73 Å². The van der Waals surface area contributed by atoms with Crippen molar-refractivity contribution in [3.63, 3.8) is 0 Å². The molecule has 2 N–H and O–H groups in total. The van der Waals surface area contributed by atoms with Crippen molar-refractivity contribution < 1.29 is 0 Å². The molecule has 0 saturated heterocycles. The largest absolute Gasteiger partial charge is 0.330 e. The molecule has 4 heteroatoms. The molecule has 0 radical (unpaired) electrons. The summed E-state index contributed by atoms with van der Waals surface area (Å²) < 4.78 is 1.89. The highest BCUT2D eigenvalue weighted by Gasteiger charge is 2.16. The van der Waals surface area contributed by atoms with Crippen molar-refractivity contribution in [1.29, 1.82) is 0 Å². The fourth-order valence-electron chi connectivity index (χ4n) is 2.10. The zero-order valence-electron chi connectivity index (χ0n) is 9.81. The first-order chi connectivity index (χ1) is 8.22. The first-order valence-corrected chi connectivity index (χ1v) is 6.03. The van der Waals surface area contributed by atoms with Crippen molar-refractivity contribution in [3.05, 3.63) is 52.8 Å². The zero-order chi connectivity index (χ0) is 12.3. The van der Waals surface area contributed by atoms with E-state index >= 15 is 0 Å². The fourth-order valence-corrected chi connectivity index (χ4v) is 2.30. The SMILES string of the molecule is Cn1nccc1C(CCN)c1cccc(Cl)c1. The molecule has 0 spiro atoms. The van der Waals surface area contributed by atoms with Gasteiger partial charge in [-0.1, -0.05) is 23.7 Å². The van der Waals surface area contributed by atoms with Crippen molar-refractivity contribution >= 4 is 11.6 Å². The van der Waals surface area contributed by atoms with E-state index in [1.54, 1.807) is 0 Å². The zero-order valence-corrected chi connectivity index (χ0v) is 10.6. The molecule has 1 unspecified atom stereocenters. The molecule has 1 aromatic carbocycles. The molecule has 2 rings (SSSR count). The lowest BCUT2D eigenvalue weighted by Crippen LogP contribution is -2.12. The smallest absolute Gasteiger partial charge is 0.0492 e. The number of benzene rings is 1. The number of halogens is 1. The average molecular weight is 250 g/mol. The van der Waals surface area contributed by atoms with E-state index in [1.165, 1.54) is 5.56 Å². The van der Waals surface area contributed by atoms with E-state index in [9.17, 15) is 0 Å². The van der Waals surface area contributed by atoms with Crippen molar-refractivity contribution in [2.75, 3.05) is 6.54 Å². The molecule has 0 saturated carbocycles. The van der Waals surface area contributed by atoms with Gasteiger partial charge >= 0.3 is 0 Å². The standard InChI is InChI=1S/C13H16ClN3/c1-17-13(6-8-16-17)12(5-7-15)10-3-2-4-11(14)9-10/h2-4,6,8-9,12H,5,7,15H2,1H3. The van der Waals surface area contributed by atoms with Crippen LogP contribution in [-0.4, -0.2) is 16.3 Å². The summed E-state index contributed by atoms with van der Waals surface area (Å²) in [7, 11) is 1.95. The Morgan fingerprint density at radius 2 is 2.24 bits per heavy atom. The van der Waals surface area contributed by atoms with Crippen molar-refractivity contribution in [1.82, 2.24) is 9.78 Å². The van der Waals surface area contributed by atoms with Gasteiger partial charge in [0.25, 0.3) is 0 Å². The van der Waals surface area contributed by atoms with E-state index in [0.29, 0.717) is 6.54 Å². The van der Waals surface area contributed by atoms with Gasteiger partial charge in [-0.25, -0.2) is 0 Å². The van der Waals surface area contributed by atoms with E-state index in [4.69, 9.17) is 17.3 Å². The molecule has 1 aromatic heterocycles. The lowest BCUT2D eigenvalue weighted by molar-refractivity contribution is 0.631. The molecule has 0 aliphatic heterocycles. The normalized spacial score (nSPS) is 12.6. The van der Waals surface area contributed by atoms with Crippen molar-refractivity contribution in [3.8, 4) is 0 Å². The van der Waals surface area contributed by atoms with Gasteiger partial charge in [-0.2, -0.15) is 5.10 Å². The number of nitrogens with zero attached hydrogens (tertiary/aromatic N) is 2. The lowest BCUT2D eigenvalue weighted by atomic mass is 9.92. The van der Waals surface area contributed by atoms with Crippen LogP contribution in [0.25, 0.3) is 0 Å². The van der Waals surface area contributed by atoms with E-state index in [-0.39, 0.29) is 5.92 Å². The number of nitrogens with two attached hydrogens (primary N) is 1. The van der Waals surface area contributed by atoms with Crippen LogP contribution in [0.15, 0.2) is 36.5 Å². The minimum Gasteiger partial charge on any atom is -0.330 e. The highest BCUT2D eigenvalue weighted by Crippen LogP contribution is 2.28. The van der Waals surface area contributed by atoms with Crippen LogP contribution < -0.4 is 5.73 Å². The maximum Gasteiger partial charge on any atom is 0.0492 e. The van der Waals surface area contributed by atoms with Gasteiger partial charge in [0.1, 0.15) is 0 Å². The highest BCUT2D eigenvalue weighted by atomic mass is 35.5. The highest BCUT2D eigenvalue weighted by molar-refractivity contribution is 6.30. The Morgan fingerprint density at radius 3 is 2.82 bits per heavy atom. The van der Waals surface area contributed by atoms with Gasteiger partial charge in [0.05, 0.1) is 0 Å². The van der Waals surface area contributed by atoms with Gasteiger partial charge in [-0.15, -0.1) is 0 Å².